The molecule has 0 spiro atoms. The van der Waals surface area contributed by atoms with Crippen molar-refractivity contribution >= 4 is 10.1 Å². The Balaban J connectivity index is 0. The second kappa shape index (κ2) is 16.1. The number of quaternary nitrogens is 1. The van der Waals surface area contributed by atoms with Crippen molar-refractivity contribution in [2.75, 3.05) is 19.8 Å². The first-order chi connectivity index (χ1) is 9.83. The molecule has 0 radical (unpaired) electrons. The molecular weight excluding hydrogens is 300 g/mol. The first-order valence-corrected chi connectivity index (χ1v) is 9.37. The molecular formula is C14H31F2NO3S. The van der Waals surface area contributed by atoms with Crippen LogP contribution >= 0.6 is 0 Å². The van der Waals surface area contributed by atoms with E-state index in [2.05, 4.69) is 0 Å². The standard InChI is InChI=1S/C12H24F2O3S.C2H7N/c13-12(14)10-8-6-4-2-1-3-5-7-9-11-18(15,16)17;1-3-2/h12H,1-11H2,(H,15,16,17);3H,1-2H3. The van der Waals surface area contributed by atoms with E-state index >= 15 is 0 Å². The summed E-state index contributed by atoms with van der Waals surface area (Å²) in [6.07, 6.45) is 5.54. The minimum absolute atomic E-state index is 0.00364. The van der Waals surface area contributed by atoms with Crippen molar-refractivity contribution in [3.63, 3.8) is 0 Å². The van der Waals surface area contributed by atoms with Crippen molar-refractivity contribution in [1.29, 1.82) is 0 Å². The zero-order valence-corrected chi connectivity index (χ0v) is 14.1. The fraction of sp³-hybridized carbons (Fsp3) is 1.00. The van der Waals surface area contributed by atoms with Gasteiger partial charge in [0.2, 0.25) is 6.43 Å². The third kappa shape index (κ3) is 28.6. The van der Waals surface area contributed by atoms with E-state index in [1.807, 2.05) is 19.4 Å². The second-order valence-corrected chi connectivity index (χ2v) is 6.72. The average Bonchev–Trinajstić information content (AvgIpc) is 2.35. The van der Waals surface area contributed by atoms with Gasteiger partial charge in [0.25, 0.3) is 0 Å². The Kier molecular flexibility index (Phi) is 17.6. The van der Waals surface area contributed by atoms with Crippen molar-refractivity contribution in [3.05, 3.63) is 0 Å². The molecule has 0 atom stereocenters. The molecule has 21 heavy (non-hydrogen) atoms. The number of hydrogen-bond acceptors (Lipinski definition) is 3. The summed E-state index contributed by atoms with van der Waals surface area (Å²) in [6.45, 7) is 0. The Morgan fingerprint density at radius 3 is 1.52 bits per heavy atom. The second-order valence-electron chi connectivity index (χ2n) is 5.20. The molecule has 0 aromatic rings. The van der Waals surface area contributed by atoms with E-state index in [0.717, 1.165) is 44.9 Å². The van der Waals surface area contributed by atoms with Crippen LogP contribution in [0.1, 0.15) is 64.2 Å². The number of hydrogen-bond donors (Lipinski definition) is 1. The summed E-state index contributed by atoms with van der Waals surface area (Å²) >= 11 is 0. The molecule has 7 heteroatoms. The van der Waals surface area contributed by atoms with Gasteiger partial charge < -0.3 is 9.87 Å². The van der Waals surface area contributed by atoms with Crippen LogP contribution in [-0.2, 0) is 10.1 Å². The Hall–Kier alpha value is -0.270. The van der Waals surface area contributed by atoms with Gasteiger partial charge in [0, 0.05) is 12.2 Å². The van der Waals surface area contributed by atoms with E-state index in [4.69, 9.17) is 0 Å². The fourth-order valence-electron chi connectivity index (χ4n) is 1.81. The topological polar surface area (TPSA) is 73.8 Å². The van der Waals surface area contributed by atoms with Crippen molar-refractivity contribution < 1.29 is 27.1 Å². The predicted octanol–water partition coefficient (Wildman–Crippen LogP) is 2.51. The summed E-state index contributed by atoms with van der Waals surface area (Å²) in [5, 5.41) is 2.00. The summed E-state index contributed by atoms with van der Waals surface area (Å²) in [6, 6.07) is 0. The van der Waals surface area contributed by atoms with Gasteiger partial charge in [-0.3, -0.25) is 0 Å². The van der Waals surface area contributed by atoms with Crippen LogP contribution in [0.3, 0.4) is 0 Å². The maximum atomic E-state index is 11.8. The zero-order chi connectivity index (χ0) is 16.6. The number of alkyl halides is 2. The summed E-state index contributed by atoms with van der Waals surface area (Å²) in [5.74, 6) is -0.263. The molecule has 0 aromatic carbocycles. The summed E-state index contributed by atoms with van der Waals surface area (Å²) in [4.78, 5) is 0. The molecule has 0 unspecified atom stereocenters. The molecule has 0 saturated carbocycles. The van der Waals surface area contributed by atoms with Crippen molar-refractivity contribution in [2.24, 2.45) is 0 Å². The number of halogens is 2. The van der Waals surface area contributed by atoms with Crippen LogP contribution in [0.2, 0.25) is 0 Å². The largest absolute Gasteiger partial charge is 0.748 e. The van der Waals surface area contributed by atoms with Gasteiger partial charge in [0.15, 0.2) is 0 Å². The SMILES string of the molecule is C[NH2+]C.O=S(=O)([O-])CCCCCCCCCCCC(F)F. The van der Waals surface area contributed by atoms with Gasteiger partial charge in [-0.2, -0.15) is 0 Å². The first-order valence-electron chi connectivity index (χ1n) is 7.79. The van der Waals surface area contributed by atoms with Gasteiger partial charge in [-0.25, -0.2) is 17.2 Å². The van der Waals surface area contributed by atoms with Crippen LogP contribution < -0.4 is 5.32 Å². The fourth-order valence-corrected chi connectivity index (χ4v) is 2.37. The smallest absolute Gasteiger partial charge is 0.238 e. The van der Waals surface area contributed by atoms with Crippen LogP contribution in [0.5, 0.6) is 0 Å². The molecule has 0 rings (SSSR count). The van der Waals surface area contributed by atoms with Gasteiger partial charge >= 0.3 is 0 Å². The highest BCUT2D eigenvalue weighted by Crippen LogP contribution is 2.12. The lowest BCUT2D eigenvalue weighted by atomic mass is 10.1. The van der Waals surface area contributed by atoms with E-state index in [1.165, 1.54) is 0 Å². The van der Waals surface area contributed by atoms with Crippen molar-refractivity contribution in [2.45, 2.75) is 70.6 Å². The monoisotopic (exact) mass is 331 g/mol. The van der Waals surface area contributed by atoms with Gasteiger partial charge in [-0.05, 0) is 12.8 Å². The van der Waals surface area contributed by atoms with Crippen LogP contribution in [0, 0.1) is 0 Å². The molecule has 0 amide bonds. The molecule has 130 valence electrons. The highest BCUT2D eigenvalue weighted by molar-refractivity contribution is 7.85. The average molecular weight is 331 g/mol. The minimum Gasteiger partial charge on any atom is -0.748 e. The van der Waals surface area contributed by atoms with Crippen molar-refractivity contribution in [3.8, 4) is 0 Å². The Morgan fingerprint density at radius 1 is 0.857 bits per heavy atom. The normalized spacial score (nSPS) is 11.3. The predicted molar refractivity (Wildman–Crippen MR) is 80.5 cm³/mol. The first kappa shape index (κ1) is 23.0. The minimum atomic E-state index is -4.05. The quantitative estimate of drug-likeness (QED) is 0.441. The van der Waals surface area contributed by atoms with Crippen LogP contribution in [-0.4, -0.2) is 39.2 Å². The van der Waals surface area contributed by atoms with E-state index in [9.17, 15) is 21.8 Å². The van der Waals surface area contributed by atoms with Crippen LogP contribution in [0.4, 0.5) is 8.78 Å². The Morgan fingerprint density at radius 2 is 1.19 bits per heavy atom. The lowest BCUT2D eigenvalue weighted by Crippen LogP contribution is -2.74. The Labute approximate surface area is 128 Å². The summed E-state index contributed by atoms with van der Waals surface area (Å²) in [5.41, 5.74) is 0. The number of rotatable bonds is 12. The van der Waals surface area contributed by atoms with Crippen LogP contribution in [0.15, 0.2) is 0 Å². The molecule has 0 fully saturated rings. The number of unbranched alkanes of at least 4 members (excludes halogenated alkanes) is 8. The van der Waals surface area contributed by atoms with E-state index in [0.29, 0.717) is 12.8 Å². The molecule has 0 aromatic heterocycles. The molecule has 0 heterocycles. The third-order valence-electron chi connectivity index (χ3n) is 2.82. The van der Waals surface area contributed by atoms with Crippen LogP contribution in [0.25, 0.3) is 0 Å². The molecule has 0 saturated heterocycles. The maximum absolute atomic E-state index is 11.8. The molecule has 0 aliphatic heterocycles. The zero-order valence-electron chi connectivity index (χ0n) is 13.3. The summed E-state index contributed by atoms with van der Waals surface area (Å²) < 4.78 is 54.5. The maximum Gasteiger partial charge on any atom is 0.238 e. The highest BCUT2D eigenvalue weighted by atomic mass is 32.2. The van der Waals surface area contributed by atoms with E-state index < -0.39 is 16.5 Å². The molecule has 0 aliphatic carbocycles. The van der Waals surface area contributed by atoms with Gasteiger partial charge in [-0.1, -0.05) is 44.9 Å². The molecule has 4 nitrogen and oxygen atoms in total. The van der Waals surface area contributed by atoms with Gasteiger partial charge in [0.1, 0.15) is 0 Å². The lowest BCUT2D eigenvalue weighted by Gasteiger charge is -2.06. The van der Waals surface area contributed by atoms with Gasteiger partial charge in [0.05, 0.1) is 24.2 Å². The van der Waals surface area contributed by atoms with Gasteiger partial charge in [-0.15, -0.1) is 0 Å². The summed E-state index contributed by atoms with van der Waals surface area (Å²) in [7, 11) is -0.0501. The molecule has 0 aliphatic rings. The van der Waals surface area contributed by atoms with Crippen molar-refractivity contribution in [1.82, 2.24) is 0 Å². The lowest BCUT2D eigenvalue weighted by molar-refractivity contribution is -0.597. The Bertz CT molecular complexity index is 299. The number of nitrogens with two attached hydrogens (primary N) is 1. The third-order valence-corrected chi connectivity index (χ3v) is 3.61. The van der Waals surface area contributed by atoms with E-state index in [-0.39, 0.29) is 12.2 Å². The molecule has 2 N–H and O–H groups in total. The van der Waals surface area contributed by atoms with E-state index in [1.54, 1.807) is 0 Å². The highest BCUT2D eigenvalue weighted by Gasteiger charge is 2.01. The molecule has 0 bridgehead atoms.